The molecule has 2 rings (SSSR count). The maximum Gasteiger partial charge on any atom is 0.107 e. The first-order valence-electron chi connectivity index (χ1n) is 5.71. The van der Waals surface area contributed by atoms with Crippen LogP contribution < -0.4 is 0 Å². The molecule has 0 saturated carbocycles. The van der Waals surface area contributed by atoms with Gasteiger partial charge in [0, 0.05) is 11.3 Å². The number of aryl methyl sites for hydroxylation is 1. The van der Waals surface area contributed by atoms with E-state index in [4.69, 9.17) is 0 Å². The SMILES string of the molecule is Cc1[nH]nc(-c2ccc(C(C)(C)C)cc2)c1Br. The van der Waals surface area contributed by atoms with Crippen LogP contribution in [0.3, 0.4) is 0 Å². The van der Waals surface area contributed by atoms with E-state index in [1.807, 2.05) is 6.92 Å². The molecule has 1 aromatic carbocycles. The number of rotatable bonds is 1. The number of nitrogens with zero attached hydrogens (tertiary/aromatic N) is 1. The van der Waals surface area contributed by atoms with Crippen molar-refractivity contribution < 1.29 is 0 Å². The zero-order valence-electron chi connectivity index (χ0n) is 10.6. The molecule has 0 saturated heterocycles. The third-order valence-electron chi connectivity index (χ3n) is 2.90. The third-order valence-corrected chi connectivity index (χ3v) is 3.87. The average Bonchev–Trinajstić information content (AvgIpc) is 2.59. The highest BCUT2D eigenvalue weighted by Crippen LogP contribution is 2.30. The molecule has 17 heavy (non-hydrogen) atoms. The lowest BCUT2D eigenvalue weighted by Crippen LogP contribution is -2.10. The van der Waals surface area contributed by atoms with Crippen LogP contribution in [0.5, 0.6) is 0 Å². The van der Waals surface area contributed by atoms with Crippen LogP contribution in [-0.4, -0.2) is 10.2 Å². The van der Waals surface area contributed by atoms with Crippen LogP contribution in [0, 0.1) is 6.92 Å². The highest BCUT2D eigenvalue weighted by atomic mass is 79.9. The smallest absolute Gasteiger partial charge is 0.107 e. The molecule has 2 aromatic rings. The predicted molar refractivity (Wildman–Crippen MR) is 75.2 cm³/mol. The van der Waals surface area contributed by atoms with E-state index in [0.717, 1.165) is 21.4 Å². The van der Waals surface area contributed by atoms with E-state index in [2.05, 4.69) is 71.2 Å². The molecule has 0 unspecified atom stereocenters. The van der Waals surface area contributed by atoms with Crippen molar-refractivity contribution >= 4 is 15.9 Å². The van der Waals surface area contributed by atoms with Gasteiger partial charge in [-0.25, -0.2) is 0 Å². The molecular weight excluding hydrogens is 276 g/mol. The van der Waals surface area contributed by atoms with Gasteiger partial charge in [-0.05, 0) is 33.8 Å². The second-order valence-corrected chi connectivity index (χ2v) is 6.13. The summed E-state index contributed by atoms with van der Waals surface area (Å²) in [5.74, 6) is 0. The summed E-state index contributed by atoms with van der Waals surface area (Å²) >= 11 is 3.55. The first-order chi connectivity index (χ1) is 7.89. The van der Waals surface area contributed by atoms with Crippen molar-refractivity contribution in [3.05, 3.63) is 40.0 Å². The Morgan fingerprint density at radius 2 is 1.71 bits per heavy atom. The van der Waals surface area contributed by atoms with Crippen LogP contribution in [0.1, 0.15) is 32.0 Å². The summed E-state index contributed by atoms with van der Waals surface area (Å²) in [6, 6.07) is 8.60. The van der Waals surface area contributed by atoms with E-state index >= 15 is 0 Å². The quantitative estimate of drug-likeness (QED) is 0.827. The number of aromatic nitrogens is 2. The van der Waals surface area contributed by atoms with Crippen LogP contribution in [0.4, 0.5) is 0 Å². The van der Waals surface area contributed by atoms with E-state index in [9.17, 15) is 0 Å². The molecule has 1 N–H and O–H groups in total. The Kier molecular flexibility index (Phi) is 3.13. The van der Waals surface area contributed by atoms with Gasteiger partial charge < -0.3 is 0 Å². The topological polar surface area (TPSA) is 28.7 Å². The van der Waals surface area contributed by atoms with Crippen molar-refractivity contribution in [2.75, 3.05) is 0 Å². The molecule has 0 atom stereocenters. The van der Waals surface area contributed by atoms with Gasteiger partial charge in [-0.3, -0.25) is 5.10 Å². The summed E-state index contributed by atoms with van der Waals surface area (Å²) < 4.78 is 1.04. The van der Waals surface area contributed by atoms with Crippen molar-refractivity contribution in [1.82, 2.24) is 10.2 Å². The minimum atomic E-state index is 0.192. The van der Waals surface area contributed by atoms with Crippen molar-refractivity contribution in [2.45, 2.75) is 33.1 Å². The van der Waals surface area contributed by atoms with Gasteiger partial charge in [-0.15, -0.1) is 0 Å². The second kappa shape index (κ2) is 4.30. The third kappa shape index (κ3) is 2.44. The first kappa shape index (κ1) is 12.4. The van der Waals surface area contributed by atoms with Crippen LogP contribution in [0.15, 0.2) is 28.7 Å². The number of aromatic amines is 1. The van der Waals surface area contributed by atoms with Gasteiger partial charge in [0.05, 0.1) is 4.47 Å². The molecular formula is C14H17BrN2. The Balaban J connectivity index is 2.40. The number of halogens is 1. The molecule has 1 aromatic heterocycles. The molecule has 90 valence electrons. The number of nitrogens with one attached hydrogen (secondary N) is 1. The van der Waals surface area contributed by atoms with Gasteiger partial charge in [0.25, 0.3) is 0 Å². The molecule has 0 aliphatic rings. The number of hydrogen-bond acceptors (Lipinski definition) is 1. The standard InChI is InChI=1S/C14H17BrN2/c1-9-12(15)13(17-16-9)10-5-7-11(8-6-10)14(2,3)4/h5-8H,1-4H3,(H,16,17). The maximum absolute atomic E-state index is 4.31. The Labute approximate surface area is 111 Å². The molecule has 0 amide bonds. The Morgan fingerprint density at radius 3 is 2.12 bits per heavy atom. The lowest BCUT2D eigenvalue weighted by Gasteiger charge is -2.18. The number of hydrogen-bond donors (Lipinski definition) is 1. The summed E-state index contributed by atoms with van der Waals surface area (Å²) in [7, 11) is 0. The Morgan fingerprint density at radius 1 is 1.12 bits per heavy atom. The van der Waals surface area contributed by atoms with E-state index in [-0.39, 0.29) is 5.41 Å². The largest absolute Gasteiger partial charge is 0.281 e. The van der Waals surface area contributed by atoms with Gasteiger partial charge >= 0.3 is 0 Å². The molecule has 0 bridgehead atoms. The van der Waals surface area contributed by atoms with E-state index < -0.39 is 0 Å². The fourth-order valence-corrected chi connectivity index (χ4v) is 2.14. The molecule has 0 spiro atoms. The highest BCUT2D eigenvalue weighted by molar-refractivity contribution is 9.10. The molecule has 0 radical (unpaired) electrons. The van der Waals surface area contributed by atoms with Crippen LogP contribution >= 0.6 is 15.9 Å². The number of benzene rings is 1. The van der Waals surface area contributed by atoms with Crippen LogP contribution in [-0.2, 0) is 5.41 Å². The van der Waals surface area contributed by atoms with Gasteiger partial charge in [0.15, 0.2) is 0 Å². The monoisotopic (exact) mass is 292 g/mol. The minimum absolute atomic E-state index is 0.192. The van der Waals surface area contributed by atoms with Gasteiger partial charge in [-0.1, -0.05) is 45.0 Å². The molecule has 1 heterocycles. The van der Waals surface area contributed by atoms with Gasteiger partial charge in [0.1, 0.15) is 5.69 Å². The summed E-state index contributed by atoms with van der Waals surface area (Å²) in [6.45, 7) is 8.66. The summed E-state index contributed by atoms with van der Waals surface area (Å²) in [5.41, 5.74) is 4.69. The van der Waals surface area contributed by atoms with Crippen molar-refractivity contribution in [3.63, 3.8) is 0 Å². The molecule has 3 heteroatoms. The predicted octanol–water partition coefficient (Wildman–Crippen LogP) is 4.45. The van der Waals surface area contributed by atoms with E-state index in [1.54, 1.807) is 0 Å². The van der Waals surface area contributed by atoms with E-state index in [1.165, 1.54) is 5.56 Å². The van der Waals surface area contributed by atoms with Crippen LogP contribution in [0.25, 0.3) is 11.3 Å². The zero-order chi connectivity index (χ0) is 12.6. The second-order valence-electron chi connectivity index (χ2n) is 5.34. The lowest BCUT2D eigenvalue weighted by molar-refractivity contribution is 0.590. The molecule has 0 aliphatic heterocycles. The summed E-state index contributed by atoms with van der Waals surface area (Å²) in [5, 5.41) is 7.29. The molecule has 0 aliphatic carbocycles. The summed E-state index contributed by atoms with van der Waals surface area (Å²) in [6.07, 6.45) is 0. The van der Waals surface area contributed by atoms with E-state index in [0.29, 0.717) is 0 Å². The highest BCUT2D eigenvalue weighted by Gasteiger charge is 2.14. The molecule has 0 fully saturated rings. The van der Waals surface area contributed by atoms with Crippen molar-refractivity contribution in [2.24, 2.45) is 0 Å². The minimum Gasteiger partial charge on any atom is -0.281 e. The summed E-state index contributed by atoms with van der Waals surface area (Å²) in [4.78, 5) is 0. The Bertz CT molecular complexity index is 518. The fourth-order valence-electron chi connectivity index (χ4n) is 1.73. The maximum atomic E-state index is 4.31. The molecule has 2 nitrogen and oxygen atoms in total. The number of H-pyrrole nitrogens is 1. The average molecular weight is 293 g/mol. The Hall–Kier alpha value is -1.09. The normalized spacial score (nSPS) is 11.8. The van der Waals surface area contributed by atoms with Crippen molar-refractivity contribution in [3.8, 4) is 11.3 Å². The van der Waals surface area contributed by atoms with Crippen molar-refractivity contribution in [1.29, 1.82) is 0 Å². The zero-order valence-corrected chi connectivity index (χ0v) is 12.2. The lowest BCUT2D eigenvalue weighted by atomic mass is 9.86. The fraction of sp³-hybridized carbons (Fsp3) is 0.357. The van der Waals surface area contributed by atoms with Crippen LogP contribution in [0.2, 0.25) is 0 Å². The first-order valence-corrected chi connectivity index (χ1v) is 6.50. The van der Waals surface area contributed by atoms with Gasteiger partial charge in [0.2, 0.25) is 0 Å². The van der Waals surface area contributed by atoms with Gasteiger partial charge in [-0.2, -0.15) is 5.10 Å².